The van der Waals surface area contributed by atoms with Crippen LogP contribution in [0.3, 0.4) is 0 Å². The Morgan fingerprint density at radius 1 is 0.696 bits per heavy atom. The van der Waals surface area contributed by atoms with E-state index in [0.29, 0.717) is 0 Å². The third kappa shape index (κ3) is 3.57. The van der Waals surface area contributed by atoms with Gasteiger partial charge in [-0.1, -0.05) is 97.9 Å². The summed E-state index contributed by atoms with van der Waals surface area (Å²) in [5.74, 6) is 0.212. The first-order chi connectivity index (χ1) is 11.3. The molecule has 3 aromatic rings. The zero-order chi connectivity index (χ0) is 16.1. The standard InChI is InChI=1S/C21H19OP/c1-17(21(22)18-11-5-2-6-12-18)23(19-13-7-3-8-14-19)20-15-9-4-10-16-20/h2-17H,1H3/t17-/m1/s1. The molecule has 1 nitrogen and oxygen atoms in total. The lowest BCUT2D eigenvalue weighted by Crippen LogP contribution is -2.26. The van der Waals surface area contributed by atoms with E-state index in [-0.39, 0.29) is 11.4 Å². The van der Waals surface area contributed by atoms with E-state index < -0.39 is 7.92 Å². The summed E-state index contributed by atoms with van der Waals surface area (Å²) < 4.78 is 0. The summed E-state index contributed by atoms with van der Waals surface area (Å²) >= 11 is 0. The molecule has 0 amide bonds. The van der Waals surface area contributed by atoms with Crippen LogP contribution in [0.1, 0.15) is 17.3 Å². The zero-order valence-corrected chi connectivity index (χ0v) is 14.0. The number of rotatable bonds is 5. The molecule has 0 aliphatic carbocycles. The van der Waals surface area contributed by atoms with Crippen LogP contribution in [0.2, 0.25) is 0 Å². The normalized spacial score (nSPS) is 12.1. The summed E-state index contributed by atoms with van der Waals surface area (Å²) in [4.78, 5) is 12.9. The molecule has 0 N–H and O–H groups in total. The van der Waals surface area contributed by atoms with E-state index in [0.717, 1.165) is 5.56 Å². The van der Waals surface area contributed by atoms with Crippen LogP contribution in [0.25, 0.3) is 0 Å². The largest absolute Gasteiger partial charge is 0.293 e. The monoisotopic (exact) mass is 318 g/mol. The van der Waals surface area contributed by atoms with Gasteiger partial charge in [-0.2, -0.15) is 0 Å². The number of hydrogen-bond donors (Lipinski definition) is 0. The van der Waals surface area contributed by atoms with Gasteiger partial charge in [0.1, 0.15) is 0 Å². The number of hydrogen-bond acceptors (Lipinski definition) is 1. The number of carbonyl (C=O) groups excluding carboxylic acids is 1. The van der Waals surface area contributed by atoms with Crippen LogP contribution in [-0.2, 0) is 0 Å². The SMILES string of the molecule is C[C@H](C(=O)c1ccccc1)P(c1ccccc1)c1ccccc1. The summed E-state index contributed by atoms with van der Waals surface area (Å²) in [7, 11) is -0.725. The Hall–Kier alpha value is -2.24. The second kappa shape index (κ2) is 7.35. The maximum Gasteiger partial charge on any atom is 0.170 e. The third-order valence-corrected chi connectivity index (χ3v) is 6.61. The van der Waals surface area contributed by atoms with Gasteiger partial charge in [0, 0.05) is 11.2 Å². The van der Waals surface area contributed by atoms with E-state index >= 15 is 0 Å². The Morgan fingerprint density at radius 2 is 1.09 bits per heavy atom. The molecule has 3 aromatic carbocycles. The second-order valence-corrected chi connectivity index (χ2v) is 7.99. The molecule has 0 aliphatic heterocycles. The van der Waals surface area contributed by atoms with Gasteiger partial charge < -0.3 is 0 Å². The Kier molecular flexibility index (Phi) is 5.00. The van der Waals surface area contributed by atoms with Gasteiger partial charge in [0.25, 0.3) is 0 Å². The first-order valence-corrected chi connectivity index (χ1v) is 9.17. The molecule has 0 aromatic heterocycles. The summed E-state index contributed by atoms with van der Waals surface area (Å²) in [6.07, 6.45) is 0. The lowest BCUT2D eigenvalue weighted by atomic mass is 10.1. The predicted molar refractivity (Wildman–Crippen MR) is 99.3 cm³/mol. The molecule has 114 valence electrons. The van der Waals surface area contributed by atoms with Crippen molar-refractivity contribution in [2.75, 3.05) is 0 Å². The maximum atomic E-state index is 12.9. The fourth-order valence-corrected chi connectivity index (χ4v) is 5.30. The minimum absolute atomic E-state index is 0.0581. The zero-order valence-electron chi connectivity index (χ0n) is 13.1. The number of ketones is 1. The van der Waals surface area contributed by atoms with Crippen LogP contribution in [0.4, 0.5) is 0 Å². The molecule has 2 heteroatoms. The molecule has 0 saturated carbocycles. The van der Waals surface area contributed by atoms with Crippen LogP contribution in [0, 0.1) is 0 Å². The summed E-state index contributed by atoms with van der Waals surface area (Å²) in [5, 5.41) is 2.48. The van der Waals surface area contributed by atoms with E-state index in [1.54, 1.807) is 0 Å². The van der Waals surface area contributed by atoms with Crippen molar-refractivity contribution in [3.05, 3.63) is 96.6 Å². The molecular weight excluding hydrogens is 299 g/mol. The first-order valence-electron chi connectivity index (χ1n) is 7.76. The average Bonchev–Trinajstić information content (AvgIpc) is 2.64. The molecule has 0 fully saturated rings. The van der Waals surface area contributed by atoms with E-state index in [2.05, 4.69) is 31.2 Å². The Bertz CT molecular complexity index is 714. The lowest BCUT2D eigenvalue weighted by molar-refractivity contribution is 0.0993. The molecule has 23 heavy (non-hydrogen) atoms. The van der Waals surface area contributed by atoms with Crippen LogP contribution in [0.5, 0.6) is 0 Å². The van der Waals surface area contributed by atoms with Crippen molar-refractivity contribution in [1.29, 1.82) is 0 Å². The molecule has 0 saturated heterocycles. The minimum Gasteiger partial charge on any atom is -0.293 e. The molecule has 0 aliphatic rings. The Balaban J connectivity index is 2.00. The topological polar surface area (TPSA) is 17.1 Å². The van der Waals surface area contributed by atoms with Crippen LogP contribution >= 0.6 is 7.92 Å². The highest BCUT2D eigenvalue weighted by Crippen LogP contribution is 2.40. The highest BCUT2D eigenvalue weighted by molar-refractivity contribution is 7.74. The third-order valence-electron chi connectivity index (χ3n) is 3.89. The van der Waals surface area contributed by atoms with E-state index in [1.165, 1.54) is 10.6 Å². The number of benzene rings is 3. The molecule has 0 bridgehead atoms. The van der Waals surface area contributed by atoms with Crippen molar-refractivity contribution < 1.29 is 4.79 Å². The summed E-state index contributed by atoms with van der Waals surface area (Å²) in [6, 6.07) is 30.4. The smallest absolute Gasteiger partial charge is 0.170 e. The molecule has 3 rings (SSSR count). The fourth-order valence-electron chi connectivity index (χ4n) is 2.73. The average molecular weight is 318 g/mol. The highest BCUT2D eigenvalue weighted by Gasteiger charge is 2.27. The van der Waals surface area contributed by atoms with Crippen LogP contribution in [-0.4, -0.2) is 11.4 Å². The lowest BCUT2D eigenvalue weighted by Gasteiger charge is -2.24. The Morgan fingerprint density at radius 3 is 1.52 bits per heavy atom. The van der Waals surface area contributed by atoms with Gasteiger partial charge in [-0.3, -0.25) is 4.79 Å². The van der Waals surface area contributed by atoms with Gasteiger partial charge in [-0.15, -0.1) is 0 Å². The summed E-state index contributed by atoms with van der Waals surface area (Å²) in [5.41, 5.74) is 0.733. The molecule has 1 atom stereocenters. The van der Waals surface area contributed by atoms with Crippen molar-refractivity contribution in [1.82, 2.24) is 0 Å². The summed E-state index contributed by atoms with van der Waals surface area (Å²) in [6.45, 7) is 2.06. The van der Waals surface area contributed by atoms with Crippen molar-refractivity contribution in [2.24, 2.45) is 0 Å². The van der Waals surface area contributed by atoms with Crippen LogP contribution in [0.15, 0.2) is 91.0 Å². The van der Waals surface area contributed by atoms with E-state index in [9.17, 15) is 4.79 Å². The van der Waals surface area contributed by atoms with Gasteiger partial charge in [-0.25, -0.2) is 0 Å². The highest BCUT2D eigenvalue weighted by atomic mass is 31.1. The molecular formula is C21H19OP. The predicted octanol–water partition coefficient (Wildman–Crippen LogP) is 4.39. The fraction of sp³-hybridized carbons (Fsp3) is 0.0952. The molecule has 0 radical (unpaired) electrons. The molecule has 0 unspecified atom stereocenters. The van der Waals surface area contributed by atoms with Gasteiger partial charge in [0.2, 0.25) is 0 Å². The maximum absolute atomic E-state index is 12.9. The van der Waals surface area contributed by atoms with Crippen molar-refractivity contribution in [3.63, 3.8) is 0 Å². The van der Waals surface area contributed by atoms with E-state index in [1.807, 2.05) is 66.7 Å². The van der Waals surface area contributed by atoms with Gasteiger partial charge in [-0.05, 0) is 18.5 Å². The molecule has 0 heterocycles. The van der Waals surface area contributed by atoms with Gasteiger partial charge in [0.15, 0.2) is 5.78 Å². The van der Waals surface area contributed by atoms with Gasteiger partial charge in [0.05, 0.1) is 0 Å². The van der Waals surface area contributed by atoms with Crippen LogP contribution < -0.4 is 10.6 Å². The number of Topliss-reactive ketones (excluding diaryl/α,β-unsaturated/α-hetero) is 1. The van der Waals surface area contributed by atoms with E-state index in [4.69, 9.17) is 0 Å². The first kappa shape index (κ1) is 15.6. The van der Waals surface area contributed by atoms with Crippen molar-refractivity contribution >= 4 is 24.3 Å². The quantitative estimate of drug-likeness (QED) is 0.504. The minimum atomic E-state index is -0.725. The second-order valence-electron chi connectivity index (χ2n) is 5.45. The Labute approximate surface area is 138 Å². The van der Waals surface area contributed by atoms with Crippen molar-refractivity contribution in [3.8, 4) is 0 Å². The number of carbonyl (C=O) groups is 1. The van der Waals surface area contributed by atoms with Crippen molar-refractivity contribution in [2.45, 2.75) is 12.6 Å². The van der Waals surface area contributed by atoms with Gasteiger partial charge >= 0.3 is 0 Å². The molecule has 0 spiro atoms.